The largest absolute Gasteiger partial charge is 0.469 e. The van der Waals surface area contributed by atoms with E-state index in [1.165, 1.54) is 9.88 Å². The first kappa shape index (κ1) is 22.0. The lowest BCUT2D eigenvalue weighted by Gasteiger charge is -2.11. The van der Waals surface area contributed by atoms with Crippen molar-refractivity contribution in [1.82, 2.24) is 15.6 Å². The Morgan fingerprint density at radius 1 is 1.24 bits per heavy atom. The molecule has 0 bridgehead atoms. The van der Waals surface area contributed by atoms with Gasteiger partial charge in [0.25, 0.3) is 0 Å². The first-order chi connectivity index (χ1) is 11.7. The summed E-state index contributed by atoms with van der Waals surface area (Å²) in [5.74, 6) is 1.86. The summed E-state index contributed by atoms with van der Waals surface area (Å²) < 4.78 is 5.36. The van der Waals surface area contributed by atoms with Gasteiger partial charge < -0.3 is 15.1 Å². The predicted molar refractivity (Wildman–Crippen MR) is 116 cm³/mol. The van der Waals surface area contributed by atoms with E-state index >= 15 is 0 Å². The number of rotatable bonds is 9. The Kier molecular flexibility index (Phi) is 10.8. The summed E-state index contributed by atoms with van der Waals surface area (Å²) in [6.45, 7) is 8.86. The van der Waals surface area contributed by atoms with Crippen LogP contribution in [0.5, 0.6) is 0 Å². The van der Waals surface area contributed by atoms with Crippen LogP contribution in [0.4, 0.5) is 0 Å². The number of furan rings is 1. The van der Waals surface area contributed by atoms with E-state index in [0.717, 1.165) is 62.7 Å². The zero-order valence-corrected chi connectivity index (χ0v) is 18.4. The maximum Gasteiger partial charge on any atom is 0.191 e. The number of nitrogens with one attached hydrogen (secondary N) is 2. The van der Waals surface area contributed by atoms with E-state index in [9.17, 15) is 0 Å². The zero-order chi connectivity index (χ0) is 17.2. The van der Waals surface area contributed by atoms with E-state index < -0.39 is 0 Å². The van der Waals surface area contributed by atoms with Crippen molar-refractivity contribution < 1.29 is 4.42 Å². The second kappa shape index (κ2) is 12.3. The van der Waals surface area contributed by atoms with Crippen molar-refractivity contribution in [2.45, 2.75) is 46.5 Å². The molecular formula is C18H29IN4OS. The van der Waals surface area contributed by atoms with Gasteiger partial charge in [0, 0.05) is 37.4 Å². The van der Waals surface area contributed by atoms with Gasteiger partial charge in [-0.2, -0.15) is 0 Å². The first-order valence-electron chi connectivity index (χ1n) is 8.66. The third-order valence-corrected chi connectivity index (χ3v) is 4.86. The highest BCUT2D eigenvalue weighted by Gasteiger charge is 2.04. The summed E-state index contributed by atoms with van der Waals surface area (Å²) in [7, 11) is 0. The number of unbranched alkanes of at least 4 members (excludes halogenated alkanes) is 1. The Labute approximate surface area is 171 Å². The molecule has 7 heteroatoms. The van der Waals surface area contributed by atoms with E-state index in [2.05, 4.69) is 41.4 Å². The van der Waals surface area contributed by atoms with E-state index in [0.29, 0.717) is 0 Å². The van der Waals surface area contributed by atoms with E-state index in [1.807, 2.05) is 12.1 Å². The molecule has 25 heavy (non-hydrogen) atoms. The van der Waals surface area contributed by atoms with Gasteiger partial charge in [0.1, 0.15) is 5.76 Å². The number of aliphatic imine (C=N–C) groups is 1. The fourth-order valence-electron chi connectivity index (χ4n) is 2.22. The lowest BCUT2D eigenvalue weighted by atomic mass is 10.3. The van der Waals surface area contributed by atoms with Gasteiger partial charge in [0.15, 0.2) is 5.96 Å². The Balaban J connectivity index is 0.00000312. The quantitative estimate of drug-likeness (QED) is 0.248. The van der Waals surface area contributed by atoms with E-state index in [-0.39, 0.29) is 24.0 Å². The summed E-state index contributed by atoms with van der Waals surface area (Å²) in [4.78, 5) is 10.5. The normalized spacial score (nSPS) is 11.2. The number of aromatic nitrogens is 1. The first-order valence-corrected chi connectivity index (χ1v) is 9.48. The number of thiazole rings is 1. The molecule has 2 N–H and O–H groups in total. The molecule has 0 unspecified atom stereocenters. The maximum atomic E-state index is 5.36. The highest BCUT2D eigenvalue weighted by Crippen LogP contribution is 2.16. The molecule has 0 aromatic carbocycles. The average Bonchev–Trinajstić information content (AvgIpc) is 3.18. The van der Waals surface area contributed by atoms with Gasteiger partial charge in [-0.15, -0.1) is 35.3 Å². The number of aryl methyl sites for hydroxylation is 2. The Morgan fingerprint density at radius 3 is 2.60 bits per heavy atom. The third-order valence-electron chi connectivity index (χ3n) is 3.73. The fraction of sp³-hybridized carbons (Fsp3) is 0.556. The zero-order valence-electron chi connectivity index (χ0n) is 15.3. The predicted octanol–water partition coefficient (Wildman–Crippen LogP) is 4.09. The number of guanidine groups is 1. The highest BCUT2D eigenvalue weighted by molar-refractivity contribution is 14.0. The third kappa shape index (κ3) is 8.22. The molecule has 2 aromatic heterocycles. The van der Waals surface area contributed by atoms with Crippen LogP contribution < -0.4 is 10.6 Å². The van der Waals surface area contributed by atoms with Crippen LogP contribution >= 0.6 is 35.3 Å². The minimum absolute atomic E-state index is 0. The van der Waals surface area contributed by atoms with Gasteiger partial charge in [-0.3, -0.25) is 4.99 Å². The molecule has 2 aromatic rings. The Morgan fingerprint density at radius 2 is 2.00 bits per heavy atom. The molecule has 140 valence electrons. The van der Waals surface area contributed by atoms with Gasteiger partial charge in [0.05, 0.1) is 17.0 Å². The van der Waals surface area contributed by atoms with Crippen molar-refractivity contribution in [2.24, 2.45) is 4.99 Å². The van der Waals surface area contributed by atoms with Gasteiger partial charge in [0.2, 0.25) is 0 Å². The van der Waals surface area contributed by atoms with Crippen LogP contribution in [0, 0.1) is 13.8 Å². The summed E-state index contributed by atoms with van der Waals surface area (Å²) >= 11 is 1.78. The molecule has 0 aliphatic rings. The molecule has 2 heterocycles. The van der Waals surface area contributed by atoms with Crippen molar-refractivity contribution in [3.05, 3.63) is 39.7 Å². The van der Waals surface area contributed by atoms with Crippen molar-refractivity contribution >= 4 is 41.3 Å². The van der Waals surface area contributed by atoms with E-state index in [4.69, 9.17) is 4.42 Å². The Hall–Kier alpha value is -1.09. The standard InChI is InChI=1S/C18H28N4OS.HI/c1-4-5-10-19-18(20-11-8-16-7-6-13-23-16)21-12-9-17-22-14(2)15(3)24-17;/h6-7,13H,4-5,8-12H2,1-3H3,(H2,19,20,21);1H. The van der Waals surface area contributed by atoms with Crippen LogP contribution in [0.25, 0.3) is 0 Å². The molecular weight excluding hydrogens is 447 g/mol. The van der Waals surface area contributed by atoms with Crippen LogP contribution in [-0.4, -0.2) is 30.6 Å². The lowest BCUT2D eigenvalue weighted by Crippen LogP contribution is -2.39. The van der Waals surface area contributed by atoms with Crippen molar-refractivity contribution in [3.8, 4) is 0 Å². The second-order valence-electron chi connectivity index (χ2n) is 5.77. The summed E-state index contributed by atoms with van der Waals surface area (Å²) in [6.07, 6.45) is 5.75. The monoisotopic (exact) mass is 476 g/mol. The highest BCUT2D eigenvalue weighted by atomic mass is 127. The number of hydrogen-bond acceptors (Lipinski definition) is 4. The van der Waals surface area contributed by atoms with Gasteiger partial charge >= 0.3 is 0 Å². The van der Waals surface area contributed by atoms with Crippen LogP contribution in [0.15, 0.2) is 27.8 Å². The number of halogens is 1. The molecule has 5 nitrogen and oxygen atoms in total. The Bertz CT molecular complexity index is 606. The van der Waals surface area contributed by atoms with Crippen molar-refractivity contribution in [2.75, 3.05) is 19.6 Å². The van der Waals surface area contributed by atoms with Gasteiger partial charge in [-0.25, -0.2) is 4.98 Å². The molecule has 0 spiro atoms. The van der Waals surface area contributed by atoms with Crippen molar-refractivity contribution in [3.63, 3.8) is 0 Å². The van der Waals surface area contributed by atoms with Crippen molar-refractivity contribution in [1.29, 1.82) is 0 Å². The molecule has 0 saturated heterocycles. The minimum Gasteiger partial charge on any atom is -0.469 e. The molecule has 0 fully saturated rings. The molecule has 0 aliphatic carbocycles. The summed E-state index contributed by atoms with van der Waals surface area (Å²) in [6, 6.07) is 3.91. The second-order valence-corrected chi connectivity index (χ2v) is 7.05. The van der Waals surface area contributed by atoms with Crippen LogP contribution in [0.1, 0.15) is 41.1 Å². The average molecular weight is 476 g/mol. The summed E-state index contributed by atoms with van der Waals surface area (Å²) in [5.41, 5.74) is 1.14. The molecule has 0 saturated carbocycles. The minimum atomic E-state index is 0. The number of nitrogens with zero attached hydrogens (tertiary/aromatic N) is 2. The van der Waals surface area contributed by atoms with Gasteiger partial charge in [-0.05, 0) is 32.4 Å². The topological polar surface area (TPSA) is 62.5 Å². The van der Waals surface area contributed by atoms with E-state index in [1.54, 1.807) is 17.6 Å². The van der Waals surface area contributed by atoms with Gasteiger partial charge in [-0.1, -0.05) is 13.3 Å². The van der Waals surface area contributed by atoms with Crippen LogP contribution in [0.2, 0.25) is 0 Å². The fourth-order valence-corrected chi connectivity index (χ4v) is 3.15. The van der Waals surface area contributed by atoms with Crippen LogP contribution in [0.3, 0.4) is 0 Å². The molecule has 0 atom stereocenters. The van der Waals surface area contributed by atoms with Crippen LogP contribution in [-0.2, 0) is 12.8 Å². The molecule has 0 radical (unpaired) electrons. The lowest BCUT2D eigenvalue weighted by molar-refractivity contribution is 0.506. The molecule has 0 amide bonds. The molecule has 2 rings (SSSR count). The maximum absolute atomic E-state index is 5.36. The molecule has 0 aliphatic heterocycles. The number of hydrogen-bond donors (Lipinski definition) is 2. The summed E-state index contributed by atoms with van der Waals surface area (Å²) in [5, 5.41) is 7.97. The SMILES string of the molecule is CCCCN=C(NCCc1ccco1)NCCc1nc(C)c(C)s1.I. The smallest absolute Gasteiger partial charge is 0.191 e.